The Hall–Kier alpha value is -2.09. The predicted molar refractivity (Wildman–Crippen MR) is 82.2 cm³/mol. The van der Waals surface area contributed by atoms with Gasteiger partial charge in [-0.25, -0.2) is 0 Å². The van der Waals surface area contributed by atoms with Crippen molar-refractivity contribution in [1.29, 1.82) is 0 Å². The van der Waals surface area contributed by atoms with Crippen LogP contribution in [0.4, 0.5) is 5.69 Å². The Morgan fingerprint density at radius 1 is 1.50 bits per heavy atom. The molecule has 1 saturated heterocycles. The van der Waals surface area contributed by atoms with E-state index < -0.39 is 10.9 Å². The smallest absolute Gasteiger partial charge is 0.305 e. The van der Waals surface area contributed by atoms with Crippen molar-refractivity contribution in [3.8, 4) is 0 Å². The van der Waals surface area contributed by atoms with E-state index in [0.29, 0.717) is 23.4 Å². The number of nitro benzene ring substituents is 1. The van der Waals surface area contributed by atoms with Crippen LogP contribution in [0.2, 0.25) is 0 Å². The molecule has 0 aliphatic carbocycles. The number of thioether (sulfide) groups is 1. The van der Waals surface area contributed by atoms with Crippen LogP contribution < -0.4 is 0 Å². The van der Waals surface area contributed by atoms with Gasteiger partial charge >= 0.3 is 5.97 Å². The van der Waals surface area contributed by atoms with Gasteiger partial charge in [0.2, 0.25) is 0 Å². The topological polar surface area (TPSA) is 101 Å². The summed E-state index contributed by atoms with van der Waals surface area (Å²) in [6.45, 7) is 2.13. The number of nitro groups is 1. The second-order valence-corrected chi connectivity index (χ2v) is 6.23. The average molecular weight is 324 g/mol. The molecule has 1 fully saturated rings. The molecule has 1 aliphatic rings. The number of non-ortho nitro benzene ring substituents is 1. The number of carbonyl (C=O) groups excluding carboxylic acids is 1. The molecule has 0 aromatic heterocycles. The van der Waals surface area contributed by atoms with Gasteiger partial charge in [-0.05, 0) is 18.6 Å². The minimum Gasteiger partial charge on any atom is -0.481 e. The molecule has 1 aromatic rings. The first-order valence-electron chi connectivity index (χ1n) is 6.75. The Bertz CT molecular complexity index is 619. The molecule has 1 N–H and O–H groups in total. The number of rotatable bonds is 4. The summed E-state index contributed by atoms with van der Waals surface area (Å²) in [5.74, 6) is 0.141. The van der Waals surface area contributed by atoms with Crippen molar-refractivity contribution in [2.45, 2.75) is 19.4 Å². The third-order valence-corrected chi connectivity index (χ3v) is 4.64. The maximum absolute atomic E-state index is 12.6. The molecule has 2 rings (SSSR count). The van der Waals surface area contributed by atoms with Gasteiger partial charge in [0.25, 0.3) is 11.6 Å². The molecule has 0 bridgehead atoms. The van der Waals surface area contributed by atoms with Gasteiger partial charge in [0.15, 0.2) is 0 Å². The lowest BCUT2D eigenvalue weighted by molar-refractivity contribution is -0.384. The van der Waals surface area contributed by atoms with Crippen molar-refractivity contribution in [3.63, 3.8) is 0 Å². The van der Waals surface area contributed by atoms with E-state index in [0.717, 1.165) is 5.75 Å². The van der Waals surface area contributed by atoms with Gasteiger partial charge in [0, 0.05) is 35.7 Å². The highest BCUT2D eigenvalue weighted by Crippen LogP contribution is 2.24. The summed E-state index contributed by atoms with van der Waals surface area (Å²) in [4.78, 5) is 35.4. The minimum absolute atomic E-state index is 0.0645. The van der Waals surface area contributed by atoms with Crippen LogP contribution in [0.5, 0.6) is 0 Å². The fourth-order valence-corrected chi connectivity index (χ4v) is 3.51. The predicted octanol–water partition coefficient (Wildman–Crippen LogP) is 1.94. The monoisotopic (exact) mass is 324 g/mol. The van der Waals surface area contributed by atoms with E-state index in [1.54, 1.807) is 23.6 Å². The lowest BCUT2D eigenvalue weighted by Crippen LogP contribution is -2.47. The summed E-state index contributed by atoms with van der Waals surface area (Å²) in [7, 11) is 0. The highest BCUT2D eigenvalue weighted by atomic mass is 32.2. The van der Waals surface area contributed by atoms with Gasteiger partial charge in [-0.1, -0.05) is 0 Å². The van der Waals surface area contributed by atoms with E-state index in [4.69, 9.17) is 5.11 Å². The molecule has 1 atom stereocenters. The molecule has 22 heavy (non-hydrogen) atoms. The molecule has 1 aliphatic heterocycles. The van der Waals surface area contributed by atoms with Crippen molar-refractivity contribution in [2.24, 2.45) is 0 Å². The Morgan fingerprint density at radius 3 is 2.82 bits per heavy atom. The first-order valence-corrected chi connectivity index (χ1v) is 7.91. The maximum atomic E-state index is 12.6. The number of hydrogen-bond donors (Lipinski definition) is 1. The van der Waals surface area contributed by atoms with Crippen LogP contribution in [0, 0.1) is 17.0 Å². The van der Waals surface area contributed by atoms with Gasteiger partial charge in [0.05, 0.1) is 17.4 Å². The van der Waals surface area contributed by atoms with Crippen LogP contribution in [-0.2, 0) is 4.79 Å². The van der Waals surface area contributed by atoms with Gasteiger partial charge < -0.3 is 10.0 Å². The Labute approximate surface area is 131 Å². The molecular formula is C14H16N2O5S. The highest BCUT2D eigenvalue weighted by Gasteiger charge is 2.30. The van der Waals surface area contributed by atoms with Crippen molar-refractivity contribution in [1.82, 2.24) is 4.90 Å². The molecule has 118 valence electrons. The van der Waals surface area contributed by atoms with E-state index in [-0.39, 0.29) is 24.1 Å². The Balaban J connectivity index is 2.25. The van der Waals surface area contributed by atoms with Crippen molar-refractivity contribution >= 4 is 29.3 Å². The fourth-order valence-electron chi connectivity index (χ4n) is 2.45. The minimum atomic E-state index is -0.939. The summed E-state index contributed by atoms with van der Waals surface area (Å²) in [5, 5.41) is 19.7. The lowest BCUT2D eigenvalue weighted by Gasteiger charge is -2.35. The number of benzene rings is 1. The molecule has 1 aromatic carbocycles. The zero-order valence-corrected chi connectivity index (χ0v) is 12.8. The van der Waals surface area contributed by atoms with Gasteiger partial charge in [0.1, 0.15) is 0 Å². The zero-order valence-electron chi connectivity index (χ0n) is 12.0. The van der Waals surface area contributed by atoms with Gasteiger partial charge in [-0.2, -0.15) is 11.8 Å². The molecule has 0 spiro atoms. The standard InChI is InChI=1S/C14H16N2O5S/c1-9-6-10(16(20)21)2-3-12(9)14(19)15-4-5-22-8-11(15)7-13(17)18/h2-3,6,11H,4-5,7-8H2,1H3,(H,17,18). The van der Waals surface area contributed by atoms with E-state index in [1.165, 1.54) is 18.2 Å². The van der Waals surface area contributed by atoms with Crippen LogP contribution in [0.1, 0.15) is 22.3 Å². The van der Waals surface area contributed by atoms with Crippen molar-refractivity contribution < 1.29 is 19.6 Å². The first-order chi connectivity index (χ1) is 10.4. The molecule has 0 radical (unpaired) electrons. The van der Waals surface area contributed by atoms with Crippen LogP contribution in [-0.4, -0.2) is 50.9 Å². The summed E-state index contributed by atoms with van der Waals surface area (Å²) >= 11 is 1.63. The summed E-state index contributed by atoms with van der Waals surface area (Å²) in [5.41, 5.74) is 0.838. The van der Waals surface area contributed by atoms with Crippen LogP contribution >= 0.6 is 11.8 Å². The van der Waals surface area contributed by atoms with Crippen molar-refractivity contribution in [3.05, 3.63) is 39.4 Å². The third kappa shape index (κ3) is 3.56. The third-order valence-electron chi connectivity index (χ3n) is 3.55. The maximum Gasteiger partial charge on any atom is 0.305 e. The number of hydrogen-bond acceptors (Lipinski definition) is 5. The van der Waals surface area contributed by atoms with Crippen LogP contribution in [0.3, 0.4) is 0 Å². The lowest BCUT2D eigenvalue weighted by atomic mass is 10.0. The highest BCUT2D eigenvalue weighted by molar-refractivity contribution is 7.99. The number of carboxylic acids is 1. The molecule has 1 unspecified atom stereocenters. The molecule has 8 heteroatoms. The second-order valence-electron chi connectivity index (χ2n) is 5.08. The van der Waals surface area contributed by atoms with E-state index >= 15 is 0 Å². The number of aryl methyl sites for hydroxylation is 1. The summed E-state index contributed by atoms with van der Waals surface area (Å²) < 4.78 is 0. The normalized spacial score (nSPS) is 18.0. The first kappa shape index (κ1) is 16.3. The number of nitrogens with zero attached hydrogens (tertiary/aromatic N) is 2. The van der Waals surface area contributed by atoms with Gasteiger partial charge in [-0.3, -0.25) is 19.7 Å². The van der Waals surface area contributed by atoms with E-state index in [2.05, 4.69) is 0 Å². The Morgan fingerprint density at radius 2 is 2.23 bits per heavy atom. The molecule has 1 heterocycles. The average Bonchev–Trinajstić information content (AvgIpc) is 2.46. The summed E-state index contributed by atoms with van der Waals surface area (Å²) in [6.07, 6.45) is -0.0925. The SMILES string of the molecule is Cc1cc([N+](=O)[O-])ccc1C(=O)N1CCSCC1CC(=O)O. The molecule has 7 nitrogen and oxygen atoms in total. The van der Waals surface area contributed by atoms with E-state index in [9.17, 15) is 19.7 Å². The largest absolute Gasteiger partial charge is 0.481 e. The van der Waals surface area contributed by atoms with Gasteiger partial charge in [-0.15, -0.1) is 0 Å². The Kier molecular flexibility index (Phi) is 5.02. The quantitative estimate of drug-likeness (QED) is 0.671. The molecular weight excluding hydrogens is 308 g/mol. The van der Waals surface area contributed by atoms with Crippen molar-refractivity contribution in [2.75, 3.05) is 18.1 Å². The second kappa shape index (κ2) is 6.78. The van der Waals surface area contributed by atoms with E-state index in [1.807, 2.05) is 0 Å². The number of amides is 1. The zero-order chi connectivity index (χ0) is 16.3. The fraction of sp³-hybridized carbons (Fsp3) is 0.429. The van der Waals surface area contributed by atoms with Crippen LogP contribution in [0.15, 0.2) is 18.2 Å². The number of carboxylic acid groups (broad SMARTS) is 1. The molecule has 1 amide bonds. The number of aliphatic carboxylic acids is 1. The molecule has 0 saturated carbocycles. The van der Waals surface area contributed by atoms with Crippen LogP contribution in [0.25, 0.3) is 0 Å². The summed E-state index contributed by atoms with van der Waals surface area (Å²) in [6, 6.07) is 3.75. The number of carbonyl (C=O) groups is 2.